The Bertz CT molecular complexity index is 939. The van der Waals surface area contributed by atoms with E-state index < -0.39 is 0 Å². The molecule has 0 atom stereocenters. The third kappa shape index (κ3) is 13.0. The molecule has 4 rings (SSSR count). The Morgan fingerprint density at radius 1 is 0.515 bits per heavy atom. The predicted octanol–water partition coefficient (Wildman–Crippen LogP) is -0.161. The maximum absolute atomic E-state index is 4.36. The summed E-state index contributed by atoms with van der Waals surface area (Å²) in [6, 6.07) is 42.3. The van der Waals surface area contributed by atoms with Crippen LogP contribution in [-0.4, -0.2) is 36.3 Å². The number of halogens is 2. The smallest absolute Gasteiger partial charge is 1.00 e. The van der Waals surface area contributed by atoms with Gasteiger partial charge in [0.2, 0.25) is 0 Å². The molecule has 0 bridgehead atoms. The average Bonchev–Trinajstić information content (AvgIpc) is 2.82. The van der Waals surface area contributed by atoms with Crippen LogP contribution in [0.2, 0.25) is 0 Å². The van der Waals surface area contributed by atoms with Crippen molar-refractivity contribution in [2.45, 2.75) is 13.1 Å². The molecule has 0 fully saturated rings. The summed E-state index contributed by atoms with van der Waals surface area (Å²) in [5, 5.41) is 0. The van der Waals surface area contributed by atoms with E-state index in [1.165, 1.54) is 11.1 Å². The van der Waals surface area contributed by atoms with E-state index in [9.17, 15) is 0 Å². The monoisotopic (exact) mass is 578 g/mol. The average molecular weight is 578 g/mol. The van der Waals surface area contributed by atoms with Gasteiger partial charge in [-0.05, 0) is 23.3 Å². The minimum atomic E-state index is 0. The minimum Gasteiger partial charge on any atom is -1.00 e. The summed E-state index contributed by atoms with van der Waals surface area (Å²) in [7, 11) is 0. The second kappa shape index (κ2) is 19.1. The standard InChI is InChI=1S/2C14H12N.2ClH.Sn/c2*1-3-7-13(8-4-1)11-15-12-14-9-5-2-6-10-14;;;/h2*1-9,12H,11H2;2*1H;/q;;;;+2/p-2. The molecule has 0 N–H and O–H groups in total. The largest absolute Gasteiger partial charge is 2.00 e. The molecule has 4 radical (unpaired) electrons. The van der Waals surface area contributed by atoms with Gasteiger partial charge in [-0.2, -0.15) is 0 Å². The summed E-state index contributed by atoms with van der Waals surface area (Å²) in [5.74, 6) is 0. The topological polar surface area (TPSA) is 24.7 Å². The maximum Gasteiger partial charge on any atom is 2.00 e. The van der Waals surface area contributed by atoms with Crippen LogP contribution in [0.5, 0.6) is 0 Å². The van der Waals surface area contributed by atoms with Gasteiger partial charge in [0.25, 0.3) is 0 Å². The fraction of sp³-hybridized carbons (Fsp3) is 0.0714. The first-order valence-electron chi connectivity index (χ1n) is 9.91. The van der Waals surface area contributed by atoms with Gasteiger partial charge in [0.1, 0.15) is 0 Å². The molecule has 0 spiro atoms. The maximum atomic E-state index is 4.36. The van der Waals surface area contributed by atoms with Crippen LogP contribution in [0, 0.1) is 12.1 Å². The first kappa shape index (κ1) is 30.6. The fourth-order valence-electron chi connectivity index (χ4n) is 2.64. The van der Waals surface area contributed by atoms with E-state index in [1.54, 1.807) is 0 Å². The molecule has 4 aromatic carbocycles. The van der Waals surface area contributed by atoms with Crippen molar-refractivity contribution in [3.8, 4) is 0 Å². The molecule has 0 aromatic heterocycles. The molecule has 0 aliphatic heterocycles. The third-order valence-electron chi connectivity index (χ3n) is 4.16. The van der Waals surface area contributed by atoms with E-state index in [1.807, 2.05) is 97.4 Å². The van der Waals surface area contributed by atoms with E-state index in [4.69, 9.17) is 0 Å². The first-order valence-corrected chi connectivity index (χ1v) is 9.91. The van der Waals surface area contributed by atoms with Crippen molar-refractivity contribution in [2.75, 3.05) is 0 Å². The third-order valence-corrected chi connectivity index (χ3v) is 4.16. The van der Waals surface area contributed by atoms with Gasteiger partial charge in [-0.25, -0.2) is 0 Å². The van der Waals surface area contributed by atoms with Crippen LogP contribution in [-0.2, 0) is 13.1 Å². The van der Waals surface area contributed by atoms with Crippen molar-refractivity contribution < 1.29 is 24.8 Å². The molecule has 33 heavy (non-hydrogen) atoms. The van der Waals surface area contributed by atoms with Crippen LogP contribution >= 0.6 is 0 Å². The summed E-state index contributed by atoms with van der Waals surface area (Å²) in [4.78, 5) is 8.71. The van der Waals surface area contributed by atoms with E-state index in [0.29, 0.717) is 0 Å². The molecule has 0 aliphatic carbocycles. The van der Waals surface area contributed by atoms with Gasteiger partial charge in [0, 0.05) is 23.6 Å². The minimum absolute atomic E-state index is 0. The van der Waals surface area contributed by atoms with Crippen LogP contribution in [0.1, 0.15) is 22.3 Å². The Kier molecular flexibility index (Phi) is 17.7. The molecule has 2 nitrogen and oxygen atoms in total. The summed E-state index contributed by atoms with van der Waals surface area (Å²) in [6.07, 6.45) is 3.71. The quantitative estimate of drug-likeness (QED) is 0.225. The normalized spacial score (nSPS) is 9.70. The predicted molar refractivity (Wildman–Crippen MR) is 132 cm³/mol. The zero-order valence-electron chi connectivity index (χ0n) is 18.1. The first-order chi connectivity index (χ1) is 14.9. The second-order valence-electron chi connectivity index (χ2n) is 6.55. The van der Waals surface area contributed by atoms with Gasteiger partial charge in [-0.15, -0.1) is 0 Å². The summed E-state index contributed by atoms with van der Waals surface area (Å²) < 4.78 is 0. The zero-order valence-corrected chi connectivity index (χ0v) is 22.5. The Hall–Kier alpha value is -2.40. The molecule has 0 unspecified atom stereocenters. The molecule has 0 aliphatic rings. The number of hydrogen-bond acceptors (Lipinski definition) is 2. The van der Waals surface area contributed by atoms with Crippen molar-refractivity contribution in [2.24, 2.45) is 9.98 Å². The van der Waals surface area contributed by atoms with Crippen LogP contribution < -0.4 is 24.8 Å². The number of hydrogen-bond donors (Lipinski definition) is 0. The van der Waals surface area contributed by atoms with Crippen molar-refractivity contribution in [1.29, 1.82) is 0 Å². The molecule has 0 saturated heterocycles. The van der Waals surface area contributed by atoms with Crippen molar-refractivity contribution in [3.63, 3.8) is 0 Å². The van der Waals surface area contributed by atoms with Gasteiger partial charge in [0.15, 0.2) is 0 Å². The molecule has 0 amide bonds. The molecule has 0 heterocycles. The summed E-state index contributed by atoms with van der Waals surface area (Å²) >= 11 is 0. The van der Waals surface area contributed by atoms with Crippen LogP contribution in [0.3, 0.4) is 0 Å². The Morgan fingerprint density at radius 2 is 0.879 bits per heavy atom. The van der Waals surface area contributed by atoms with E-state index >= 15 is 0 Å². The molecule has 5 heteroatoms. The molecular weight excluding hydrogens is 554 g/mol. The Balaban J connectivity index is 0.000000569. The number of nitrogens with zero attached hydrogens (tertiary/aromatic N) is 2. The van der Waals surface area contributed by atoms with Gasteiger partial charge in [-0.1, -0.05) is 109 Å². The van der Waals surface area contributed by atoms with Gasteiger partial charge < -0.3 is 24.8 Å². The van der Waals surface area contributed by atoms with E-state index in [2.05, 4.69) is 46.4 Å². The van der Waals surface area contributed by atoms with Crippen LogP contribution in [0.25, 0.3) is 0 Å². The summed E-state index contributed by atoms with van der Waals surface area (Å²) in [6.45, 7) is 1.45. The molecule has 0 saturated carbocycles. The van der Waals surface area contributed by atoms with Crippen molar-refractivity contribution in [3.05, 3.63) is 144 Å². The Labute approximate surface area is 226 Å². The van der Waals surface area contributed by atoms with E-state index in [0.717, 1.165) is 24.2 Å². The van der Waals surface area contributed by atoms with Crippen molar-refractivity contribution in [1.82, 2.24) is 0 Å². The number of rotatable bonds is 6. The number of aliphatic imine (C=N–C) groups is 2. The fourth-order valence-corrected chi connectivity index (χ4v) is 2.64. The molecule has 4 aromatic rings. The number of benzene rings is 4. The van der Waals surface area contributed by atoms with Gasteiger partial charge >= 0.3 is 23.9 Å². The summed E-state index contributed by atoms with van der Waals surface area (Å²) in [5.41, 5.74) is 4.50. The van der Waals surface area contributed by atoms with Crippen LogP contribution in [0.4, 0.5) is 0 Å². The Morgan fingerprint density at radius 3 is 1.21 bits per heavy atom. The van der Waals surface area contributed by atoms with E-state index in [-0.39, 0.29) is 48.7 Å². The van der Waals surface area contributed by atoms with Crippen LogP contribution in [0.15, 0.2) is 119 Å². The zero-order chi connectivity index (χ0) is 20.7. The molecule has 164 valence electrons. The van der Waals surface area contributed by atoms with Gasteiger partial charge in [-0.3, -0.25) is 9.98 Å². The van der Waals surface area contributed by atoms with Gasteiger partial charge in [0.05, 0.1) is 13.1 Å². The SMILES string of the molecule is [Cl-].[Cl-].[Sn+2].[c]1ccccc1C=NCc1ccccc1.[c]1ccccc1C=NCc1ccccc1. The van der Waals surface area contributed by atoms with Crippen molar-refractivity contribution >= 4 is 36.3 Å². The second-order valence-corrected chi connectivity index (χ2v) is 6.55. The molecular formula is C28H24Cl2N2Sn.